The number of carboxylic acids is 1. The Balaban J connectivity index is 1.93. The number of allylic oxidation sites excluding steroid dienone is 2. The highest BCUT2D eigenvalue weighted by atomic mass is 32.1. The number of benzene rings is 1. The van der Waals surface area contributed by atoms with E-state index in [-0.39, 0.29) is 12.2 Å². The number of thiophene rings is 1. The number of carbonyl (C=O) groups excluding carboxylic acids is 2. The quantitative estimate of drug-likeness (QED) is 0.505. The number of esters is 1. The standard InChI is InChI=1S/C22H23NO6S/c1-3-29-22(27)18-17(13-8-10-14(28-2)11-9-13)12-30-20(18)23-19(24)15-6-4-5-7-16(15)21(25)26/h4-5,8-12,15-16H,3,6-7H2,1-2H3,(H,23,24)(H,25,26)/t15-,16+/m1/s1. The molecule has 8 heteroatoms. The smallest absolute Gasteiger partial charge is 0.341 e. The van der Waals surface area contributed by atoms with E-state index < -0.39 is 29.7 Å². The second kappa shape index (κ2) is 9.58. The number of rotatable bonds is 7. The van der Waals surface area contributed by atoms with Crippen molar-refractivity contribution >= 4 is 34.2 Å². The van der Waals surface area contributed by atoms with Crippen molar-refractivity contribution in [1.29, 1.82) is 0 Å². The van der Waals surface area contributed by atoms with Gasteiger partial charge in [-0.15, -0.1) is 11.3 Å². The summed E-state index contributed by atoms with van der Waals surface area (Å²) in [4.78, 5) is 37.1. The Morgan fingerprint density at radius 1 is 1.13 bits per heavy atom. The van der Waals surface area contributed by atoms with Crippen molar-refractivity contribution in [2.24, 2.45) is 11.8 Å². The summed E-state index contributed by atoms with van der Waals surface area (Å²) in [6, 6.07) is 7.21. The second-order valence-electron chi connectivity index (χ2n) is 6.79. The first kappa shape index (κ1) is 21.6. The number of carboxylic acid groups (broad SMARTS) is 1. The van der Waals surface area contributed by atoms with E-state index in [1.165, 1.54) is 11.3 Å². The maximum Gasteiger partial charge on any atom is 0.341 e. The van der Waals surface area contributed by atoms with E-state index in [0.29, 0.717) is 29.2 Å². The molecule has 1 aliphatic rings. The normalized spacial score (nSPS) is 17.9. The topological polar surface area (TPSA) is 102 Å². The van der Waals surface area contributed by atoms with Crippen molar-refractivity contribution < 1.29 is 29.0 Å². The monoisotopic (exact) mass is 429 g/mol. The molecule has 0 bridgehead atoms. The molecule has 2 N–H and O–H groups in total. The van der Waals surface area contributed by atoms with E-state index in [9.17, 15) is 19.5 Å². The number of anilines is 1. The van der Waals surface area contributed by atoms with Gasteiger partial charge >= 0.3 is 11.9 Å². The molecule has 1 heterocycles. The van der Waals surface area contributed by atoms with Crippen LogP contribution in [0.2, 0.25) is 0 Å². The summed E-state index contributed by atoms with van der Waals surface area (Å²) in [7, 11) is 1.57. The molecule has 158 valence electrons. The third kappa shape index (κ3) is 4.54. The van der Waals surface area contributed by atoms with Gasteiger partial charge in [0.2, 0.25) is 5.91 Å². The van der Waals surface area contributed by atoms with Gasteiger partial charge in [-0.3, -0.25) is 9.59 Å². The lowest BCUT2D eigenvalue weighted by atomic mass is 9.82. The van der Waals surface area contributed by atoms with Gasteiger partial charge in [0, 0.05) is 10.9 Å². The van der Waals surface area contributed by atoms with Crippen molar-refractivity contribution in [2.75, 3.05) is 19.0 Å². The minimum Gasteiger partial charge on any atom is -0.497 e. The minimum absolute atomic E-state index is 0.193. The Morgan fingerprint density at radius 3 is 2.40 bits per heavy atom. The summed E-state index contributed by atoms with van der Waals surface area (Å²) in [6.07, 6.45) is 4.24. The molecule has 2 atom stereocenters. The molecule has 1 amide bonds. The van der Waals surface area contributed by atoms with Crippen LogP contribution in [-0.4, -0.2) is 36.7 Å². The molecule has 0 saturated carbocycles. The molecular formula is C22H23NO6S. The van der Waals surface area contributed by atoms with Gasteiger partial charge in [-0.1, -0.05) is 24.3 Å². The first-order chi connectivity index (χ1) is 14.5. The molecule has 0 unspecified atom stereocenters. The van der Waals surface area contributed by atoms with Crippen LogP contribution in [-0.2, 0) is 14.3 Å². The van der Waals surface area contributed by atoms with E-state index in [1.54, 1.807) is 37.6 Å². The largest absolute Gasteiger partial charge is 0.497 e. The molecule has 0 radical (unpaired) electrons. The number of methoxy groups -OCH3 is 1. The van der Waals surface area contributed by atoms with Crippen molar-refractivity contribution in [2.45, 2.75) is 19.8 Å². The Morgan fingerprint density at radius 2 is 1.80 bits per heavy atom. The van der Waals surface area contributed by atoms with Gasteiger partial charge < -0.3 is 19.9 Å². The first-order valence-electron chi connectivity index (χ1n) is 9.58. The molecule has 1 aromatic carbocycles. The van der Waals surface area contributed by atoms with Crippen LogP contribution in [0, 0.1) is 11.8 Å². The summed E-state index contributed by atoms with van der Waals surface area (Å²) >= 11 is 1.21. The van der Waals surface area contributed by atoms with E-state index in [1.807, 2.05) is 18.2 Å². The van der Waals surface area contributed by atoms with Gasteiger partial charge in [0.1, 0.15) is 16.3 Å². The van der Waals surface area contributed by atoms with Gasteiger partial charge in [-0.25, -0.2) is 4.79 Å². The number of hydrogen-bond acceptors (Lipinski definition) is 6. The van der Waals surface area contributed by atoms with Gasteiger partial charge in [0.05, 0.1) is 25.6 Å². The summed E-state index contributed by atoms with van der Waals surface area (Å²) in [5.74, 6) is -2.77. The fraction of sp³-hybridized carbons (Fsp3) is 0.318. The second-order valence-corrected chi connectivity index (χ2v) is 7.67. The van der Waals surface area contributed by atoms with Crippen LogP contribution in [0.3, 0.4) is 0 Å². The number of amides is 1. The van der Waals surface area contributed by atoms with E-state index in [4.69, 9.17) is 9.47 Å². The Kier molecular flexibility index (Phi) is 6.89. The number of ether oxygens (including phenoxy) is 2. The van der Waals surface area contributed by atoms with Crippen LogP contribution >= 0.6 is 11.3 Å². The lowest BCUT2D eigenvalue weighted by Crippen LogP contribution is -2.34. The van der Waals surface area contributed by atoms with E-state index >= 15 is 0 Å². The van der Waals surface area contributed by atoms with E-state index in [0.717, 1.165) is 5.56 Å². The van der Waals surface area contributed by atoms with Crippen LogP contribution in [0.25, 0.3) is 11.1 Å². The number of nitrogens with one attached hydrogen (secondary N) is 1. The summed E-state index contributed by atoms with van der Waals surface area (Å²) < 4.78 is 10.4. The zero-order valence-corrected chi connectivity index (χ0v) is 17.5. The molecule has 0 spiro atoms. The Labute approximate surface area is 178 Å². The average Bonchev–Trinajstić information content (AvgIpc) is 3.17. The van der Waals surface area contributed by atoms with E-state index in [2.05, 4.69) is 5.32 Å². The fourth-order valence-electron chi connectivity index (χ4n) is 3.42. The molecule has 30 heavy (non-hydrogen) atoms. The number of hydrogen-bond donors (Lipinski definition) is 2. The van der Waals surface area contributed by atoms with Crippen LogP contribution in [0.15, 0.2) is 41.8 Å². The highest BCUT2D eigenvalue weighted by molar-refractivity contribution is 7.15. The summed E-state index contributed by atoms with van der Waals surface area (Å²) in [5.41, 5.74) is 1.67. The van der Waals surface area contributed by atoms with Crippen molar-refractivity contribution in [3.05, 3.63) is 47.4 Å². The predicted octanol–water partition coefficient (Wildman–Crippen LogP) is 4.21. The third-order valence-electron chi connectivity index (χ3n) is 4.99. The molecule has 0 fully saturated rings. The van der Waals surface area contributed by atoms with Crippen LogP contribution in [0.4, 0.5) is 5.00 Å². The van der Waals surface area contributed by atoms with Gasteiger partial charge in [-0.2, -0.15) is 0 Å². The Bertz CT molecular complexity index is 963. The molecule has 1 aliphatic carbocycles. The fourth-order valence-corrected chi connectivity index (χ4v) is 4.38. The third-order valence-corrected chi connectivity index (χ3v) is 5.89. The Hall–Kier alpha value is -3.13. The number of carbonyl (C=O) groups is 3. The highest BCUT2D eigenvalue weighted by Gasteiger charge is 2.35. The molecule has 1 aromatic heterocycles. The molecule has 7 nitrogen and oxygen atoms in total. The average molecular weight is 429 g/mol. The van der Waals surface area contributed by atoms with Crippen LogP contribution in [0.1, 0.15) is 30.1 Å². The van der Waals surface area contributed by atoms with Gasteiger partial charge in [0.25, 0.3) is 0 Å². The molecule has 3 rings (SSSR count). The molecular weight excluding hydrogens is 406 g/mol. The summed E-state index contributed by atoms with van der Waals surface area (Å²) in [5, 5.41) is 14.3. The highest BCUT2D eigenvalue weighted by Crippen LogP contribution is 2.38. The lowest BCUT2D eigenvalue weighted by Gasteiger charge is -2.24. The van der Waals surface area contributed by atoms with Gasteiger partial charge in [-0.05, 0) is 37.5 Å². The SMILES string of the molecule is CCOC(=O)c1c(-c2ccc(OC)cc2)csc1NC(=O)[C@@H]1CC=CC[C@@H]1C(=O)O. The zero-order valence-electron chi connectivity index (χ0n) is 16.7. The van der Waals surface area contributed by atoms with Crippen LogP contribution < -0.4 is 10.1 Å². The van der Waals surface area contributed by atoms with Crippen molar-refractivity contribution in [1.82, 2.24) is 0 Å². The van der Waals surface area contributed by atoms with Crippen molar-refractivity contribution in [3.8, 4) is 16.9 Å². The van der Waals surface area contributed by atoms with Gasteiger partial charge in [0.15, 0.2) is 0 Å². The van der Waals surface area contributed by atoms with Crippen LogP contribution in [0.5, 0.6) is 5.75 Å². The molecule has 0 aliphatic heterocycles. The predicted molar refractivity (Wildman–Crippen MR) is 114 cm³/mol. The number of aliphatic carboxylic acids is 1. The molecule has 2 aromatic rings. The summed E-state index contributed by atoms with van der Waals surface area (Å²) in [6.45, 7) is 1.90. The lowest BCUT2D eigenvalue weighted by molar-refractivity contribution is -0.146. The zero-order chi connectivity index (χ0) is 21.7. The van der Waals surface area contributed by atoms with Crippen molar-refractivity contribution in [3.63, 3.8) is 0 Å². The molecule has 0 saturated heterocycles. The first-order valence-corrected chi connectivity index (χ1v) is 10.5. The maximum absolute atomic E-state index is 12.9. The maximum atomic E-state index is 12.9. The minimum atomic E-state index is -1.00.